The zero-order valence-electron chi connectivity index (χ0n) is 22.1. The van der Waals surface area contributed by atoms with E-state index in [1.54, 1.807) is 62.5 Å². The highest BCUT2D eigenvalue weighted by Gasteiger charge is 2.30. The van der Waals surface area contributed by atoms with Gasteiger partial charge in [-0.25, -0.2) is 4.68 Å². The van der Waals surface area contributed by atoms with Gasteiger partial charge in [0.2, 0.25) is 0 Å². The third kappa shape index (κ3) is 5.15. The van der Waals surface area contributed by atoms with Gasteiger partial charge in [-0.05, 0) is 54.0 Å². The van der Waals surface area contributed by atoms with Gasteiger partial charge < -0.3 is 24.8 Å². The molecular formula is C30H29ClN4O4. The number of nitrogens with one attached hydrogen (secondary N) is 2. The van der Waals surface area contributed by atoms with Gasteiger partial charge in [0.05, 0.1) is 27.5 Å². The van der Waals surface area contributed by atoms with Crippen LogP contribution in [0.2, 0.25) is 5.02 Å². The standard InChI is InChI=1S/C30H29ClN4O4/c1-5-18-6-8-19(9-7-18)24-15-25(22-14-27(38-3)28(39-4)16-26(22)37-2)35-29(34-24)23(17-32-35)30(36)33-21-12-10-20(31)11-13-21/h6-17,25,34H,5H2,1-4H3,(H,33,36)/t25-/m0/s1. The second kappa shape index (κ2) is 11.1. The normalized spacial score (nSPS) is 14.1. The number of fused-ring (bicyclic) bond motifs is 1. The van der Waals surface area contributed by atoms with Gasteiger partial charge in [0, 0.05) is 28.0 Å². The average molecular weight is 545 g/mol. The first-order valence-corrected chi connectivity index (χ1v) is 12.9. The maximum atomic E-state index is 13.4. The molecule has 3 aromatic carbocycles. The van der Waals surface area contributed by atoms with E-state index in [1.165, 1.54) is 5.56 Å². The highest BCUT2D eigenvalue weighted by atomic mass is 35.5. The van der Waals surface area contributed by atoms with Crippen LogP contribution in [0, 0.1) is 0 Å². The van der Waals surface area contributed by atoms with Crippen LogP contribution >= 0.6 is 11.6 Å². The van der Waals surface area contributed by atoms with Gasteiger partial charge in [0.1, 0.15) is 23.2 Å². The number of hydrogen-bond donors (Lipinski definition) is 2. The minimum Gasteiger partial charge on any atom is -0.496 e. The van der Waals surface area contributed by atoms with Gasteiger partial charge in [-0.2, -0.15) is 5.10 Å². The molecule has 0 fully saturated rings. The topological polar surface area (TPSA) is 86.6 Å². The Morgan fingerprint density at radius 1 is 0.974 bits per heavy atom. The first-order chi connectivity index (χ1) is 18.9. The fraction of sp³-hybridized carbons (Fsp3) is 0.200. The Morgan fingerprint density at radius 2 is 1.64 bits per heavy atom. The van der Waals surface area contributed by atoms with Crippen LogP contribution < -0.4 is 24.8 Å². The lowest BCUT2D eigenvalue weighted by Gasteiger charge is -2.28. The van der Waals surface area contributed by atoms with Crippen molar-refractivity contribution in [2.45, 2.75) is 19.4 Å². The summed E-state index contributed by atoms with van der Waals surface area (Å²) >= 11 is 6.01. The lowest BCUT2D eigenvalue weighted by molar-refractivity contribution is 0.102. The molecule has 0 aliphatic carbocycles. The molecule has 0 radical (unpaired) electrons. The van der Waals surface area contributed by atoms with Gasteiger partial charge >= 0.3 is 0 Å². The van der Waals surface area contributed by atoms with E-state index in [4.69, 9.17) is 25.8 Å². The van der Waals surface area contributed by atoms with E-state index in [9.17, 15) is 4.79 Å². The van der Waals surface area contributed by atoms with E-state index in [-0.39, 0.29) is 5.91 Å². The van der Waals surface area contributed by atoms with Crippen LogP contribution in [0.25, 0.3) is 5.70 Å². The van der Waals surface area contributed by atoms with E-state index in [0.29, 0.717) is 39.3 Å². The monoisotopic (exact) mass is 544 g/mol. The smallest absolute Gasteiger partial charge is 0.261 e. The van der Waals surface area contributed by atoms with Gasteiger partial charge in [0.25, 0.3) is 5.91 Å². The summed E-state index contributed by atoms with van der Waals surface area (Å²) < 4.78 is 18.6. The number of ether oxygens (including phenoxy) is 3. The number of amides is 1. The summed E-state index contributed by atoms with van der Waals surface area (Å²) in [6.07, 6.45) is 4.57. The number of rotatable bonds is 8. The van der Waals surface area contributed by atoms with Crippen molar-refractivity contribution in [2.24, 2.45) is 0 Å². The predicted octanol–water partition coefficient (Wildman–Crippen LogP) is 6.43. The van der Waals surface area contributed by atoms with E-state index < -0.39 is 6.04 Å². The Morgan fingerprint density at radius 3 is 2.28 bits per heavy atom. The second-order valence-corrected chi connectivity index (χ2v) is 9.40. The Balaban J connectivity index is 1.62. The summed E-state index contributed by atoms with van der Waals surface area (Å²) in [6.45, 7) is 2.12. The maximum Gasteiger partial charge on any atom is 0.261 e. The molecule has 200 valence electrons. The third-order valence-corrected chi connectivity index (χ3v) is 6.96. The molecule has 2 heterocycles. The zero-order chi connectivity index (χ0) is 27.5. The molecule has 0 bridgehead atoms. The second-order valence-electron chi connectivity index (χ2n) is 8.96. The lowest BCUT2D eigenvalue weighted by Crippen LogP contribution is -2.22. The van der Waals surface area contributed by atoms with E-state index in [2.05, 4.69) is 53.0 Å². The molecule has 1 aromatic heterocycles. The van der Waals surface area contributed by atoms with Crippen LogP contribution in [0.15, 0.2) is 72.9 Å². The van der Waals surface area contributed by atoms with Gasteiger partial charge in [0.15, 0.2) is 11.5 Å². The largest absolute Gasteiger partial charge is 0.496 e. The molecule has 1 amide bonds. The zero-order valence-corrected chi connectivity index (χ0v) is 22.9. The molecule has 0 saturated heterocycles. The van der Waals surface area contributed by atoms with Gasteiger partial charge in [-0.1, -0.05) is 42.8 Å². The van der Waals surface area contributed by atoms with Gasteiger partial charge in [-0.3, -0.25) is 4.79 Å². The molecule has 5 rings (SSSR count). The van der Waals surface area contributed by atoms with Gasteiger partial charge in [-0.15, -0.1) is 0 Å². The SMILES string of the molecule is CCc1ccc(C2=C[C@@H](c3cc(OC)c(OC)cc3OC)n3ncc(C(=O)Nc4ccc(Cl)cc4)c3N2)cc1. The number of methoxy groups -OCH3 is 3. The highest BCUT2D eigenvalue weighted by Crippen LogP contribution is 2.43. The number of allylic oxidation sites excluding steroid dienone is 1. The number of carbonyl (C=O) groups is 1. The summed E-state index contributed by atoms with van der Waals surface area (Å²) in [5, 5.41) is 11.6. The van der Waals surface area contributed by atoms with E-state index >= 15 is 0 Å². The first kappa shape index (κ1) is 26.2. The molecule has 0 spiro atoms. The quantitative estimate of drug-likeness (QED) is 0.266. The van der Waals surface area contributed by atoms with Crippen LogP contribution in [0.4, 0.5) is 11.5 Å². The first-order valence-electron chi connectivity index (χ1n) is 12.5. The fourth-order valence-corrected chi connectivity index (χ4v) is 4.71. The number of carbonyl (C=O) groups excluding carboxylic acids is 1. The third-order valence-electron chi connectivity index (χ3n) is 6.71. The molecule has 4 aromatic rings. The van der Waals surface area contributed by atoms with Crippen molar-refractivity contribution in [3.8, 4) is 17.2 Å². The molecule has 8 nitrogen and oxygen atoms in total. The molecule has 0 unspecified atom stereocenters. The summed E-state index contributed by atoms with van der Waals surface area (Å²) in [4.78, 5) is 13.4. The summed E-state index contributed by atoms with van der Waals surface area (Å²) in [7, 11) is 4.77. The maximum absolute atomic E-state index is 13.4. The van der Waals surface area contributed by atoms with Crippen molar-refractivity contribution in [3.05, 3.63) is 100 Å². The minimum atomic E-state index is -0.408. The van der Waals surface area contributed by atoms with Crippen LogP contribution in [0.5, 0.6) is 17.2 Å². The predicted molar refractivity (Wildman–Crippen MR) is 153 cm³/mol. The Bertz CT molecular complexity index is 1530. The number of nitrogens with zero attached hydrogens (tertiary/aromatic N) is 2. The fourth-order valence-electron chi connectivity index (χ4n) is 4.59. The number of anilines is 2. The number of hydrogen-bond acceptors (Lipinski definition) is 6. The molecule has 1 aliphatic rings. The van der Waals surface area contributed by atoms with Crippen LogP contribution in [0.1, 0.15) is 40.0 Å². The van der Waals surface area contributed by atoms with E-state index in [0.717, 1.165) is 23.2 Å². The van der Waals surface area contributed by atoms with E-state index in [1.807, 2.05) is 6.07 Å². The number of benzene rings is 3. The van der Waals surface area contributed by atoms with Crippen molar-refractivity contribution in [3.63, 3.8) is 0 Å². The summed E-state index contributed by atoms with van der Waals surface area (Å²) in [5.41, 5.74) is 4.88. The number of aromatic nitrogens is 2. The molecule has 0 saturated carbocycles. The Kier molecular flexibility index (Phi) is 7.47. The molecular weight excluding hydrogens is 516 g/mol. The number of aryl methyl sites for hydroxylation is 1. The summed E-state index contributed by atoms with van der Waals surface area (Å²) in [5.74, 6) is 1.97. The molecule has 1 aliphatic heterocycles. The molecule has 9 heteroatoms. The molecule has 39 heavy (non-hydrogen) atoms. The lowest BCUT2D eigenvalue weighted by atomic mass is 9.98. The van der Waals surface area contributed by atoms with Crippen molar-refractivity contribution in [1.29, 1.82) is 0 Å². The molecule has 2 N–H and O–H groups in total. The van der Waals surface area contributed by atoms with Crippen LogP contribution in [-0.4, -0.2) is 37.0 Å². The minimum absolute atomic E-state index is 0.299. The Hall–Kier alpha value is -4.43. The average Bonchev–Trinajstić information content (AvgIpc) is 3.41. The van der Waals surface area contributed by atoms with Crippen molar-refractivity contribution >= 4 is 34.7 Å². The van der Waals surface area contributed by atoms with Crippen molar-refractivity contribution in [2.75, 3.05) is 32.0 Å². The van der Waals surface area contributed by atoms with Crippen LogP contribution in [-0.2, 0) is 6.42 Å². The van der Waals surface area contributed by atoms with Crippen molar-refractivity contribution < 1.29 is 19.0 Å². The molecule has 1 atom stereocenters. The van der Waals surface area contributed by atoms with Crippen molar-refractivity contribution in [1.82, 2.24) is 9.78 Å². The highest BCUT2D eigenvalue weighted by molar-refractivity contribution is 6.30. The van der Waals surface area contributed by atoms with Crippen LogP contribution in [0.3, 0.4) is 0 Å². The number of halogens is 1. The summed E-state index contributed by atoms with van der Waals surface area (Å²) in [6, 6.07) is 18.6. The Labute approximate surface area is 232 Å².